The predicted molar refractivity (Wildman–Crippen MR) is 50.1 cm³/mol. The number of hydrogen-bond acceptors (Lipinski definition) is 3. The molecule has 1 rings (SSSR count). The molecule has 1 aromatic rings. The molecule has 0 aliphatic heterocycles. The first-order valence-electron chi connectivity index (χ1n) is 3.58. The molecule has 1 heterocycles. The van der Waals surface area contributed by atoms with E-state index < -0.39 is 0 Å². The zero-order valence-electron chi connectivity index (χ0n) is 7.31. The van der Waals surface area contributed by atoms with E-state index in [9.17, 15) is 0 Å². The minimum absolute atomic E-state index is 0.397. The number of pyridine rings is 1. The highest BCUT2D eigenvalue weighted by atomic mass is 35.5. The van der Waals surface area contributed by atoms with Crippen LogP contribution >= 0.6 is 11.6 Å². The molecule has 0 saturated carbocycles. The van der Waals surface area contributed by atoms with Crippen LogP contribution in [-0.4, -0.2) is 19.1 Å². The molecule has 0 amide bonds. The van der Waals surface area contributed by atoms with Crippen molar-refractivity contribution in [1.82, 2.24) is 4.98 Å². The summed E-state index contributed by atoms with van der Waals surface area (Å²) in [6.45, 7) is 1.89. The molecule has 1 aromatic heterocycles. The maximum Gasteiger partial charge on any atom is 0.171 e. The smallest absolute Gasteiger partial charge is 0.171 e. The normalized spacial score (nSPS) is 9.67. The zero-order chi connectivity index (χ0) is 9.14. The largest absolute Gasteiger partial charge is 0.493 e. The SMILES string of the molecule is CNc1cc(OC)c(Cl)nc1C. The third kappa shape index (κ3) is 1.61. The van der Waals surface area contributed by atoms with Gasteiger partial charge in [0.25, 0.3) is 0 Å². The molecule has 0 aromatic carbocycles. The van der Waals surface area contributed by atoms with Gasteiger partial charge in [0.2, 0.25) is 0 Å². The number of nitrogens with one attached hydrogen (secondary N) is 1. The van der Waals surface area contributed by atoms with E-state index in [4.69, 9.17) is 16.3 Å². The zero-order valence-corrected chi connectivity index (χ0v) is 8.07. The van der Waals surface area contributed by atoms with E-state index in [1.807, 2.05) is 20.0 Å². The number of halogens is 1. The summed E-state index contributed by atoms with van der Waals surface area (Å²) in [7, 11) is 3.40. The van der Waals surface area contributed by atoms with Gasteiger partial charge in [0.05, 0.1) is 18.5 Å². The van der Waals surface area contributed by atoms with Crippen molar-refractivity contribution in [2.45, 2.75) is 6.92 Å². The molecule has 0 unspecified atom stereocenters. The second-order valence-corrected chi connectivity index (χ2v) is 2.72. The van der Waals surface area contributed by atoms with Gasteiger partial charge in [-0.1, -0.05) is 11.6 Å². The lowest BCUT2D eigenvalue weighted by atomic mass is 10.3. The molecule has 0 saturated heterocycles. The van der Waals surface area contributed by atoms with Crippen LogP contribution in [0.5, 0.6) is 5.75 Å². The summed E-state index contributed by atoms with van der Waals surface area (Å²) in [6, 6.07) is 1.82. The van der Waals surface area contributed by atoms with E-state index in [0.717, 1.165) is 11.4 Å². The Balaban J connectivity index is 3.18. The Morgan fingerprint density at radius 3 is 2.75 bits per heavy atom. The van der Waals surface area contributed by atoms with Crippen LogP contribution in [0, 0.1) is 6.92 Å². The molecule has 0 aliphatic carbocycles. The van der Waals surface area contributed by atoms with E-state index >= 15 is 0 Å². The molecule has 0 aliphatic rings. The first kappa shape index (κ1) is 9.13. The van der Waals surface area contributed by atoms with Crippen LogP contribution in [0.3, 0.4) is 0 Å². The van der Waals surface area contributed by atoms with Crippen LogP contribution in [0.2, 0.25) is 5.15 Å². The van der Waals surface area contributed by atoms with Gasteiger partial charge in [0.15, 0.2) is 10.9 Å². The fourth-order valence-electron chi connectivity index (χ4n) is 0.954. The summed E-state index contributed by atoms with van der Waals surface area (Å²) in [4.78, 5) is 4.09. The van der Waals surface area contributed by atoms with Gasteiger partial charge in [-0.05, 0) is 6.92 Å². The van der Waals surface area contributed by atoms with Gasteiger partial charge < -0.3 is 10.1 Å². The van der Waals surface area contributed by atoms with Crippen molar-refractivity contribution in [2.24, 2.45) is 0 Å². The summed E-state index contributed by atoms with van der Waals surface area (Å²) < 4.78 is 5.01. The van der Waals surface area contributed by atoms with Crippen LogP contribution in [0.1, 0.15) is 5.69 Å². The molecule has 0 spiro atoms. The molecule has 0 radical (unpaired) electrons. The van der Waals surface area contributed by atoms with Crippen molar-refractivity contribution < 1.29 is 4.74 Å². The molecular weight excluding hydrogens is 176 g/mol. The van der Waals surface area contributed by atoms with Crippen LogP contribution in [0.15, 0.2) is 6.07 Å². The van der Waals surface area contributed by atoms with Gasteiger partial charge in [-0.15, -0.1) is 0 Å². The topological polar surface area (TPSA) is 34.1 Å². The predicted octanol–water partition coefficient (Wildman–Crippen LogP) is 2.09. The number of nitrogens with zero attached hydrogens (tertiary/aromatic N) is 1. The quantitative estimate of drug-likeness (QED) is 0.719. The lowest BCUT2D eigenvalue weighted by Crippen LogP contribution is -1.96. The maximum atomic E-state index is 5.79. The maximum absolute atomic E-state index is 5.79. The number of aromatic nitrogens is 1. The average Bonchev–Trinajstić information content (AvgIpc) is 2.05. The Labute approximate surface area is 76.7 Å². The minimum Gasteiger partial charge on any atom is -0.493 e. The highest BCUT2D eigenvalue weighted by molar-refractivity contribution is 6.30. The fraction of sp³-hybridized carbons (Fsp3) is 0.375. The van der Waals surface area contributed by atoms with E-state index in [2.05, 4.69) is 10.3 Å². The van der Waals surface area contributed by atoms with Crippen LogP contribution in [0.25, 0.3) is 0 Å². The van der Waals surface area contributed by atoms with Crippen LogP contribution in [0.4, 0.5) is 5.69 Å². The van der Waals surface area contributed by atoms with Crippen LogP contribution in [-0.2, 0) is 0 Å². The number of ether oxygens (including phenoxy) is 1. The first-order valence-corrected chi connectivity index (χ1v) is 3.95. The van der Waals surface area contributed by atoms with Gasteiger partial charge in [-0.25, -0.2) is 4.98 Å². The fourth-order valence-corrected chi connectivity index (χ4v) is 1.21. The lowest BCUT2D eigenvalue weighted by molar-refractivity contribution is 0.413. The molecule has 12 heavy (non-hydrogen) atoms. The standard InChI is InChI=1S/C8H11ClN2O/c1-5-6(10-2)4-7(12-3)8(9)11-5/h4,10H,1-3H3. The summed E-state index contributed by atoms with van der Waals surface area (Å²) in [5, 5.41) is 3.39. The van der Waals surface area contributed by atoms with E-state index in [1.165, 1.54) is 0 Å². The van der Waals surface area contributed by atoms with E-state index in [1.54, 1.807) is 7.11 Å². The van der Waals surface area contributed by atoms with Gasteiger partial charge >= 0.3 is 0 Å². The third-order valence-electron chi connectivity index (χ3n) is 1.62. The second-order valence-electron chi connectivity index (χ2n) is 2.36. The molecule has 3 nitrogen and oxygen atoms in total. The highest BCUT2D eigenvalue weighted by Crippen LogP contribution is 2.26. The van der Waals surface area contributed by atoms with Crippen molar-refractivity contribution >= 4 is 17.3 Å². The van der Waals surface area contributed by atoms with Crippen molar-refractivity contribution in [3.63, 3.8) is 0 Å². The van der Waals surface area contributed by atoms with Gasteiger partial charge in [0.1, 0.15) is 0 Å². The molecule has 0 bridgehead atoms. The lowest BCUT2D eigenvalue weighted by Gasteiger charge is -2.07. The van der Waals surface area contributed by atoms with Crippen molar-refractivity contribution in [3.05, 3.63) is 16.9 Å². The van der Waals surface area contributed by atoms with Crippen LogP contribution < -0.4 is 10.1 Å². The highest BCUT2D eigenvalue weighted by Gasteiger charge is 2.05. The third-order valence-corrected chi connectivity index (χ3v) is 1.89. The second kappa shape index (κ2) is 3.63. The number of hydrogen-bond donors (Lipinski definition) is 1. The Hall–Kier alpha value is -0.960. The summed E-state index contributed by atoms with van der Waals surface area (Å²) in [5.74, 6) is 0.589. The summed E-state index contributed by atoms with van der Waals surface area (Å²) >= 11 is 5.79. The molecule has 1 N–H and O–H groups in total. The number of anilines is 1. The average molecular weight is 187 g/mol. The number of rotatable bonds is 2. The monoisotopic (exact) mass is 186 g/mol. The summed E-state index contributed by atoms with van der Waals surface area (Å²) in [6.07, 6.45) is 0. The van der Waals surface area contributed by atoms with E-state index in [0.29, 0.717) is 10.9 Å². The minimum atomic E-state index is 0.397. The Kier molecular flexibility index (Phi) is 2.76. The Morgan fingerprint density at radius 2 is 2.25 bits per heavy atom. The van der Waals surface area contributed by atoms with Crippen molar-refractivity contribution in [2.75, 3.05) is 19.5 Å². The molecule has 0 fully saturated rings. The Bertz CT molecular complexity index is 263. The number of aryl methyl sites for hydroxylation is 1. The molecular formula is C8H11ClN2O. The summed E-state index contributed by atoms with van der Waals surface area (Å²) in [5.41, 5.74) is 1.79. The van der Waals surface area contributed by atoms with Crippen molar-refractivity contribution in [1.29, 1.82) is 0 Å². The van der Waals surface area contributed by atoms with Gasteiger partial charge in [0, 0.05) is 13.1 Å². The molecule has 0 atom stereocenters. The molecule has 4 heteroatoms. The number of methoxy groups -OCH3 is 1. The van der Waals surface area contributed by atoms with Gasteiger partial charge in [-0.3, -0.25) is 0 Å². The van der Waals surface area contributed by atoms with E-state index in [-0.39, 0.29) is 0 Å². The Morgan fingerprint density at radius 1 is 1.58 bits per heavy atom. The van der Waals surface area contributed by atoms with Gasteiger partial charge in [-0.2, -0.15) is 0 Å². The van der Waals surface area contributed by atoms with Crippen molar-refractivity contribution in [3.8, 4) is 5.75 Å². The molecule has 66 valence electrons. The first-order chi connectivity index (χ1) is 5.69.